The van der Waals surface area contributed by atoms with Gasteiger partial charge in [-0.1, -0.05) is 30.3 Å². The first-order chi connectivity index (χ1) is 17.0. The van der Waals surface area contributed by atoms with Crippen molar-refractivity contribution in [1.82, 2.24) is 4.57 Å². The van der Waals surface area contributed by atoms with E-state index in [1.807, 2.05) is 24.3 Å². The number of ether oxygens (including phenoxy) is 3. The lowest BCUT2D eigenvalue weighted by Gasteiger charge is -2.23. The van der Waals surface area contributed by atoms with Gasteiger partial charge in [-0.05, 0) is 59.4 Å². The molecule has 6 nitrogen and oxygen atoms in total. The second-order valence-corrected chi connectivity index (χ2v) is 8.80. The topological polar surface area (TPSA) is 69.9 Å². The van der Waals surface area contributed by atoms with Crippen molar-refractivity contribution >= 4 is 11.5 Å². The predicted octanol–water partition coefficient (Wildman–Crippen LogP) is 5.26. The van der Waals surface area contributed by atoms with Crippen LogP contribution in [0.1, 0.15) is 34.4 Å². The Balaban J connectivity index is 1.71. The molecule has 3 aromatic rings. The van der Waals surface area contributed by atoms with Gasteiger partial charge in [-0.25, -0.2) is 0 Å². The minimum Gasteiger partial charge on any atom is -0.512 e. The zero-order valence-electron chi connectivity index (χ0n) is 20.3. The average molecular weight is 472 g/mol. The lowest BCUT2D eigenvalue weighted by Crippen LogP contribution is -2.15. The summed E-state index contributed by atoms with van der Waals surface area (Å²) in [6, 6.07) is 14.5. The van der Waals surface area contributed by atoms with E-state index in [-0.39, 0.29) is 5.97 Å². The Morgan fingerprint density at radius 3 is 2.49 bits per heavy atom. The van der Waals surface area contributed by atoms with Gasteiger partial charge in [-0.2, -0.15) is 0 Å². The minimum absolute atomic E-state index is 0.234. The van der Waals surface area contributed by atoms with Crippen LogP contribution in [0, 0.1) is 0 Å². The zero-order chi connectivity index (χ0) is 24.5. The van der Waals surface area contributed by atoms with Crippen molar-refractivity contribution in [2.45, 2.75) is 32.2 Å². The molecule has 0 atom stereocenters. The molecule has 0 saturated carbocycles. The van der Waals surface area contributed by atoms with Crippen molar-refractivity contribution in [3.63, 3.8) is 0 Å². The van der Waals surface area contributed by atoms with Crippen LogP contribution in [0.5, 0.6) is 11.5 Å². The number of carbonyl (C=O) groups is 1. The highest BCUT2D eigenvalue weighted by Crippen LogP contribution is 2.43. The van der Waals surface area contributed by atoms with Gasteiger partial charge >= 0.3 is 5.97 Å². The number of carbonyl (C=O) groups excluding carboxylic acids is 1. The number of aromatic nitrogens is 1. The molecular formula is C29H29NO5. The molecule has 180 valence electrons. The Hall–Kier alpha value is -3.93. The standard InChI is InChI=1S/C29H29NO5/c1-33-27-15-19-12-13-30-25(10-11-29(32)35-3)24(16-26(30)23(19)17-28(27)34-2)22-9-8-20(31)14-18-6-4-5-7-21(18)22/h4-9,15-17,31H,10-14H2,1-3H3. The monoisotopic (exact) mass is 471 g/mol. The van der Waals surface area contributed by atoms with E-state index in [9.17, 15) is 9.90 Å². The van der Waals surface area contributed by atoms with Gasteiger partial charge in [-0.3, -0.25) is 4.79 Å². The first kappa shape index (κ1) is 22.8. The molecule has 1 N–H and O–H groups in total. The van der Waals surface area contributed by atoms with Crippen LogP contribution in [0.15, 0.2) is 60.4 Å². The molecule has 1 aromatic heterocycles. The molecule has 1 aliphatic heterocycles. The third-order valence-corrected chi connectivity index (χ3v) is 6.90. The van der Waals surface area contributed by atoms with Gasteiger partial charge < -0.3 is 23.9 Å². The zero-order valence-corrected chi connectivity index (χ0v) is 20.3. The van der Waals surface area contributed by atoms with Gasteiger partial charge in [0.15, 0.2) is 11.5 Å². The Labute approximate surface area is 205 Å². The molecule has 35 heavy (non-hydrogen) atoms. The smallest absolute Gasteiger partial charge is 0.305 e. The number of aliphatic hydroxyl groups excluding tert-OH is 1. The third kappa shape index (κ3) is 4.09. The number of aliphatic hydroxyl groups is 1. The predicted molar refractivity (Wildman–Crippen MR) is 135 cm³/mol. The van der Waals surface area contributed by atoms with Crippen LogP contribution in [-0.2, 0) is 35.3 Å². The molecule has 0 saturated heterocycles. The fourth-order valence-corrected chi connectivity index (χ4v) is 5.19. The summed E-state index contributed by atoms with van der Waals surface area (Å²) >= 11 is 0. The Kier molecular flexibility index (Phi) is 6.12. The molecule has 6 heteroatoms. The van der Waals surface area contributed by atoms with Crippen LogP contribution >= 0.6 is 0 Å². The van der Waals surface area contributed by atoms with Crippen molar-refractivity contribution in [2.75, 3.05) is 21.3 Å². The lowest BCUT2D eigenvalue weighted by molar-refractivity contribution is -0.140. The summed E-state index contributed by atoms with van der Waals surface area (Å²) in [5.74, 6) is 1.50. The number of hydrogen-bond donors (Lipinski definition) is 1. The molecule has 1 aliphatic carbocycles. The summed E-state index contributed by atoms with van der Waals surface area (Å²) in [4.78, 5) is 12.1. The lowest BCUT2D eigenvalue weighted by atomic mass is 9.92. The van der Waals surface area contributed by atoms with Gasteiger partial charge in [0.25, 0.3) is 0 Å². The Morgan fingerprint density at radius 1 is 0.943 bits per heavy atom. The van der Waals surface area contributed by atoms with E-state index in [2.05, 4.69) is 28.8 Å². The maximum absolute atomic E-state index is 12.1. The number of rotatable bonds is 6. The van der Waals surface area contributed by atoms with E-state index in [0.29, 0.717) is 30.8 Å². The highest BCUT2D eigenvalue weighted by molar-refractivity contribution is 5.87. The molecule has 0 spiro atoms. The number of methoxy groups -OCH3 is 3. The fourth-order valence-electron chi connectivity index (χ4n) is 5.19. The highest BCUT2D eigenvalue weighted by Gasteiger charge is 2.27. The van der Waals surface area contributed by atoms with Crippen LogP contribution < -0.4 is 9.47 Å². The summed E-state index contributed by atoms with van der Waals surface area (Å²) in [7, 11) is 4.72. The number of hydrogen-bond acceptors (Lipinski definition) is 5. The summed E-state index contributed by atoms with van der Waals surface area (Å²) in [6.45, 7) is 0.796. The minimum atomic E-state index is -0.234. The summed E-state index contributed by atoms with van der Waals surface area (Å²) in [5.41, 5.74) is 8.72. The Morgan fingerprint density at radius 2 is 1.71 bits per heavy atom. The Bertz CT molecular complexity index is 1360. The molecule has 0 fully saturated rings. The van der Waals surface area contributed by atoms with E-state index in [0.717, 1.165) is 57.9 Å². The first-order valence-electron chi connectivity index (χ1n) is 11.8. The average Bonchev–Trinajstić information content (AvgIpc) is 3.16. The molecule has 2 aliphatic rings. The van der Waals surface area contributed by atoms with Gasteiger partial charge in [0, 0.05) is 35.5 Å². The second-order valence-electron chi connectivity index (χ2n) is 8.80. The molecule has 2 heterocycles. The maximum atomic E-state index is 12.1. The summed E-state index contributed by atoms with van der Waals surface area (Å²) in [5, 5.41) is 10.4. The van der Waals surface area contributed by atoms with Crippen LogP contribution in [0.2, 0.25) is 0 Å². The van der Waals surface area contributed by atoms with Crippen LogP contribution in [-0.4, -0.2) is 37.0 Å². The van der Waals surface area contributed by atoms with Crippen molar-refractivity contribution in [2.24, 2.45) is 0 Å². The van der Waals surface area contributed by atoms with Crippen LogP contribution in [0.4, 0.5) is 0 Å². The molecule has 0 amide bonds. The summed E-state index contributed by atoms with van der Waals surface area (Å²) < 4.78 is 18.4. The normalized spacial score (nSPS) is 14.0. The maximum Gasteiger partial charge on any atom is 0.305 e. The van der Waals surface area contributed by atoms with Crippen molar-refractivity contribution in [3.8, 4) is 22.8 Å². The summed E-state index contributed by atoms with van der Waals surface area (Å²) in [6.07, 6.45) is 5.94. The third-order valence-electron chi connectivity index (χ3n) is 6.90. The van der Waals surface area contributed by atoms with Gasteiger partial charge in [0.05, 0.1) is 33.5 Å². The van der Waals surface area contributed by atoms with E-state index in [1.54, 1.807) is 20.3 Å². The number of aryl methyl sites for hydroxylation is 1. The molecule has 0 radical (unpaired) electrons. The van der Waals surface area contributed by atoms with Gasteiger partial charge in [0.2, 0.25) is 0 Å². The number of esters is 1. The van der Waals surface area contributed by atoms with Gasteiger partial charge in [-0.15, -0.1) is 0 Å². The van der Waals surface area contributed by atoms with Gasteiger partial charge in [0.1, 0.15) is 0 Å². The van der Waals surface area contributed by atoms with Crippen molar-refractivity contribution in [3.05, 3.63) is 88.3 Å². The number of benzene rings is 2. The number of fused-ring (bicyclic) bond motifs is 4. The molecule has 0 unspecified atom stereocenters. The fraction of sp³-hybridized carbons (Fsp3) is 0.276. The molecule has 2 aromatic carbocycles. The van der Waals surface area contributed by atoms with E-state index in [4.69, 9.17) is 14.2 Å². The quantitative estimate of drug-likeness (QED) is 0.497. The number of nitrogens with zero attached hydrogens (tertiary/aromatic N) is 1. The largest absolute Gasteiger partial charge is 0.512 e. The molecule has 5 rings (SSSR count). The second kappa shape index (κ2) is 9.37. The first-order valence-corrected chi connectivity index (χ1v) is 11.8. The van der Waals surface area contributed by atoms with Crippen LogP contribution in [0.25, 0.3) is 16.8 Å². The molecular weight excluding hydrogens is 442 g/mol. The van der Waals surface area contributed by atoms with Crippen molar-refractivity contribution in [1.29, 1.82) is 0 Å². The van der Waals surface area contributed by atoms with Crippen molar-refractivity contribution < 1.29 is 24.1 Å². The van der Waals surface area contributed by atoms with E-state index >= 15 is 0 Å². The van der Waals surface area contributed by atoms with E-state index in [1.165, 1.54) is 12.7 Å². The SMILES string of the molecule is COC(=O)CCc1c(C2=CC=C(O)Cc3ccccc32)cc2n1CCc1cc(OC)c(OC)cc1-2. The van der Waals surface area contributed by atoms with E-state index < -0.39 is 0 Å². The number of allylic oxidation sites excluding steroid dienone is 3. The highest BCUT2D eigenvalue weighted by atomic mass is 16.5. The molecule has 0 bridgehead atoms. The van der Waals surface area contributed by atoms with Crippen LogP contribution in [0.3, 0.4) is 0 Å².